The van der Waals surface area contributed by atoms with Crippen LogP contribution in [0.5, 0.6) is 0 Å². The summed E-state index contributed by atoms with van der Waals surface area (Å²) >= 11 is 1.47. The second-order valence-electron chi connectivity index (χ2n) is 6.34. The van der Waals surface area contributed by atoms with E-state index in [0.717, 1.165) is 29.4 Å². The van der Waals surface area contributed by atoms with Crippen molar-refractivity contribution in [2.45, 2.75) is 33.0 Å². The number of aryl methyl sites for hydroxylation is 1. The molecule has 0 aliphatic rings. The Morgan fingerprint density at radius 2 is 1.96 bits per heavy atom. The van der Waals surface area contributed by atoms with Gasteiger partial charge in [-0.1, -0.05) is 48.6 Å². The predicted molar refractivity (Wildman–Crippen MR) is 105 cm³/mol. The highest BCUT2D eigenvalue weighted by atomic mass is 32.1. The lowest BCUT2D eigenvalue weighted by Gasteiger charge is -2.21. The van der Waals surface area contributed by atoms with Gasteiger partial charge in [0.1, 0.15) is 10.8 Å². The number of benzene rings is 1. The minimum Gasteiger partial charge on any atom is -0.468 e. The van der Waals surface area contributed by atoms with Crippen LogP contribution >= 0.6 is 11.3 Å². The summed E-state index contributed by atoms with van der Waals surface area (Å²) in [5.74, 6) is 0.884. The Kier molecular flexibility index (Phi) is 5.13. The molecule has 27 heavy (non-hydrogen) atoms. The van der Waals surface area contributed by atoms with Crippen molar-refractivity contribution in [2.75, 3.05) is 0 Å². The van der Waals surface area contributed by atoms with Gasteiger partial charge in [-0.25, -0.2) is 4.98 Å². The molecule has 0 unspecified atom stereocenters. The van der Waals surface area contributed by atoms with Gasteiger partial charge in [0.15, 0.2) is 0 Å². The summed E-state index contributed by atoms with van der Waals surface area (Å²) in [6.45, 7) is 3.96. The molecule has 0 saturated carbocycles. The van der Waals surface area contributed by atoms with Crippen LogP contribution in [0.3, 0.4) is 0 Å². The first-order valence-electron chi connectivity index (χ1n) is 8.88. The molecule has 3 heterocycles. The molecule has 0 amide bonds. The fraction of sp³-hybridized carbons (Fsp3) is 0.250. The number of furan rings is 1. The van der Waals surface area contributed by atoms with Gasteiger partial charge in [-0.15, -0.1) is 0 Å². The number of hydrogen-bond donors (Lipinski definition) is 0. The highest BCUT2D eigenvalue weighted by molar-refractivity contribution is 7.16. The molecule has 0 radical (unpaired) electrons. The molecule has 0 spiro atoms. The molecule has 6 nitrogen and oxygen atoms in total. The van der Waals surface area contributed by atoms with Crippen LogP contribution in [0, 0.1) is 0 Å². The van der Waals surface area contributed by atoms with Crippen LogP contribution in [-0.2, 0) is 26.1 Å². The lowest BCUT2D eigenvalue weighted by molar-refractivity contribution is 0.224. The smallest absolute Gasteiger partial charge is 0.275 e. The minimum atomic E-state index is -0.136. The average Bonchev–Trinajstić information content (AvgIpc) is 3.32. The van der Waals surface area contributed by atoms with E-state index in [2.05, 4.69) is 27.1 Å². The highest BCUT2D eigenvalue weighted by Gasteiger charge is 2.14. The Hall–Kier alpha value is -2.77. The van der Waals surface area contributed by atoms with E-state index in [1.54, 1.807) is 12.3 Å². The summed E-state index contributed by atoms with van der Waals surface area (Å²) in [6.07, 6.45) is 2.47. The van der Waals surface area contributed by atoms with Gasteiger partial charge < -0.3 is 4.42 Å². The maximum atomic E-state index is 12.4. The van der Waals surface area contributed by atoms with E-state index >= 15 is 0 Å². The van der Waals surface area contributed by atoms with E-state index < -0.39 is 0 Å². The Morgan fingerprint density at radius 3 is 2.70 bits per heavy atom. The van der Waals surface area contributed by atoms with Gasteiger partial charge in [0, 0.05) is 19.2 Å². The van der Waals surface area contributed by atoms with Crippen molar-refractivity contribution < 1.29 is 4.42 Å². The van der Waals surface area contributed by atoms with E-state index in [1.165, 1.54) is 21.4 Å². The van der Waals surface area contributed by atoms with Gasteiger partial charge in [0.2, 0.25) is 4.96 Å². The number of nitrogens with zero attached hydrogens (tertiary/aromatic N) is 4. The third kappa shape index (κ3) is 4.15. The molecule has 0 atom stereocenters. The van der Waals surface area contributed by atoms with Gasteiger partial charge >= 0.3 is 0 Å². The zero-order valence-electron chi connectivity index (χ0n) is 15.0. The van der Waals surface area contributed by atoms with Gasteiger partial charge in [-0.05, 0) is 24.1 Å². The monoisotopic (exact) mass is 380 g/mol. The van der Waals surface area contributed by atoms with Crippen LogP contribution in [-0.4, -0.2) is 19.5 Å². The van der Waals surface area contributed by atoms with Crippen molar-refractivity contribution >= 4 is 16.3 Å². The number of aromatic nitrogens is 3. The maximum absolute atomic E-state index is 12.4. The van der Waals surface area contributed by atoms with Crippen molar-refractivity contribution in [1.82, 2.24) is 19.5 Å². The van der Waals surface area contributed by atoms with Gasteiger partial charge in [0.25, 0.3) is 5.56 Å². The number of rotatable bonds is 7. The SMILES string of the molecule is CCc1nn2c(=O)cc(CN(Cc3ccccc3)Cc3ccco3)nc2s1. The molecule has 0 bridgehead atoms. The average molecular weight is 380 g/mol. The Bertz CT molecular complexity index is 1070. The van der Waals surface area contributed by atoms with Crippen LogP contribution in [0.2, 0.25) is 0 Å². The minimum absolute atomic E-state index is 0.136. The quantitative estimate of drug-likeness (QED) is 0.491. The van der Waals surface area contributed by atoms with E-state index in [-0.39, 0.29) is 5.56 Å². The third-order valence-corrected chi connectivity index (χ3v) is 5.29. The van der Waals surface area contributed by atoms with Gasteiger partial charge in [0.05, 0.1) is 18.5 Å². The van der Waals surface area contributed by atoms with Crippen LogP contribution in [0.25, 0.3) is 4.96 Å². The number of fused-ring (bicyclic) bond motifs is 1. The Labute approximate surface area is 160 Å². The predicted octanol–water partition coefficient (Wildman–Crippen LogP) is 3.51. The van der Waals surface area contributed by atoms with Crippen molar-refractivity contribution in [3.8, 4) is 0 Å². The van der Waals surface area contributed by atoms with Crippen molar-refractivity contribution in [3.63, 3.8) is 0 Å². The summed E-state index contributed by atoms with van der Waals surface area (Å²) < 4.78 is 6.91. The standard InChI is InChI=1S/C20H20N4O2S/c1-2-18-22-24-19(25)11-16(21-20(24)27-18)13-23(14-17-9-6-10-26-17)12-15-7-4-3-5-8-15/h3-11H,2,12-14H2,1H3. The molecule has 0 aliphatic carbocycles. The zero-order chi connectivity index (χ0) is 18.6. The first-order valence-corrected chi connectivity index (χ1v) is 9.70. The van der Waals surface area contributed by atoms with Crippen molar-refractivity contribution in [3.05, 3.63) is 87.2 Å². The molecule has 4 rings (SSSR count). The maximum Gasteiger partial charge on any atom is 0.275 e. The topological polar surface area (TPSA) is 63.6 Å². The van der Waals surface area contributed by atoms with Crippen LogP contribution in [0.15, 0.2) is 64.0 Å². The van der Waals surface area contributed by atoms with Gasteiger partial charge in [-0.2, -0.15) is 9.61 Å². The lowest BCUT2D eigenvalue weighted by atomic mass is 10.2. The molecule has 0 fully saturated rings. The molecular weight excluding hydrogens is 360 g/mol. The second-order valence-corrected chi connectivity index (χ2v) is 7.38. The second kappa shape index (κ2) is 7.85. The first-order chi connectivity index (χ1) is 13.2. The number of hydrogen-bond acceptors (Lipinski definition) is 6. The largest absolute Gasteiger partial charge is 0.468 e. The normalized spacial score (nSPS) is 11.5. The fourth-order valence-electron chi connectivity index (χ4n) is 2.98. The van der Waals surface area contributed by atoms with Crippen molar-refractivity contribution in [2.24, 2.45) is 0 Å². The zero-order valence-corrected chi connectivity index (χ0v) is 15.9. The molecule has 3 aromatic heterocycles. The molecule has 4 aromatic rings. The summed E-state index contributed by atoms with van der Waals surface area (Å²) in [5, 5.41) is 5.22. The Balaban J connectivity index is 1.62. The lowest BCUT2D eigenvalue weighted by Crippen LogP contribution is -2.25. The molecular formula is C20H20N4O2S. The molecule has 7 heteroatoms. The van der Waals surface area contributed by atoms with Crippen LogP contribution in [0.4, 0.5) is 0 Å². The Morgan fingerprint density at radius 1 is 1.11 bits per heavy atom. The summed E-state index contributed by atoms with van der Waals surface area (Å²) in [5.41, 5.74) is 1.81. The first kappa shape index (κ1) is 17.6. The summed E-state index contributed by atoms with van der Waals surface area (Å²) in [4.78, 5) is 19.9. The van der Waals surface area contributed by atoms with Crippen LogP contribution in [0.1, 0.15) is 28.9 Å². The third-order valence-electron chi connectivity index (χ3n) is 4.24. The van der Waals surface area contributed by atoms with E-state index in [4.69, 9.17) is 4.42 Å². The van der Waals surface area contributed by atoms with E-state index in [9.17, 15) is 4.79 Å². The van der Waals surface area contributed by atoms with E-state index in [1.807, 2.05) is 37.3 Å². The summed E-state index contributed by atoms with van der Waals surface area (Å²) in [7, 11) is 0. The van der Waals surface area contributed by atoms with Crippen LogP contribution < -0.4 is 5.56 Å². The fourth-order valence-corrected chi connectivity index (χ4v) is 3.84. The molecule has 1 aromatic carbocycles. The molecule has 0 saturated heterocycles. The summed E-state index contributed by atoms with van der Waals surface area (Å²) in [6, 6.07) is 15.7. The molecule has 138 valence electrons. The van der Waals surface area contributed by atoms with E-state index in [0.29, 0.717) is 18.1 Å². The highest BCUT2D eigenvalue weighted by Crippen LogP contribution is 2.16. The van der Waals surface area contributed by atoms with Crippen molar-refractivity contribution in [1.29, 1.82) is 0 Å². The molecule has 0 N–H and O–H groups in total. The molecule has 0 aliphatic heterocycles. The van der Waals surface area contributed by atoms with Gasteiger partial charge in [-0.3, -0.25) is 9.69 Å².